The van der Waals surface area contributed by atoms with Crippen LogP contribution in [-0.4, -0.2) is 23.4 Å². The molecule has 1 aliphatic rings. The van der Waals surface area contributed by atoms with Crippen LogP contribution in [0.1, 0.15) is 5.56 Å². The van der Waals surface area contributed by atoms with Gasteiger partial charge in [-0.2, -0.15) is 5.10 Å². The molecule has 0 atom stereocenters. The number of hydrogen-bond donors (Lipinski definition) is 2. The van der Waals surface area contributed by atoms with Crippen LogP contribution < -0.4 is 14.8 Å². The molecule has 0 saturated carbocycles. The van der Waals surface area contributed by atoms with Crippen molar-refractivity contribution in [3.05, 3.63) is 48.2 Å². The number of ether oxygens (including phenoxy) is 2. The van der Waals surface area contributed by atoms with Gasteiger partial charge in [0.2, 0.25) is 0 Å². The predicted octanol–water partition coefficient (Wildman–Crippen LogP) is 2.95. The van der Waals surface area contributed by atoms with Crippen LogP contribution in [0.2, 0.25) is 0 Å². The van der Waals surface area contributed by atoms with Crippen molar-refractivity contribution in [1.29, 1.82) is 0 Å². The van der Waals surface area contributed by atoms with Gasteiger partial charge in [0.25, 0.3) is 0 Å². The van der Waals surface area contributed by atoms with E-state index in [-0.39, 0.29) is 0 Å². The summed E-state index contributed by atoms with van der Waals surface area (Å²) in [6.45, 7) is 1.96. The fraction of sp³-hybridized carbons (Fsp3) is 0.188. The Morgan fingerprint density at radius 3 is 2.90 bits per heavy atom. The summed E-state index contributed by atoms with van der Waals surface area (Å²) >= 11 is 0. The van der Waals surface area contributed by atoms with Gasteiger partial charge in [-0.1, -0.05) is 6.07 Å². The van der Waals surface area contributed by atoms with E-state index in [0.717, 1.165) is 40.2 Å². The molecule has 3 aromatic rings. The van der Waals surface area contributed by atoms with Gasteiger partial charge in [0.1, 0.15) is 13.2 Å². The predicted molar refractivity (Wildman–Crippen MR) is 80.9 cm³/mol. The molecule has 1 aromatic heterocycles. The van der Waals surface area contributed by atoms with Crippen LogP contribution in [0.5, 0.6) is 11.5 Å². The van der Waals surface area contributed by atoms with Crippen molar-refractivity contribution in [3.63, 3.8) is 0 Å². The van der Waals surface area contributed by atoms with Crippen molar-refractivity contribution in [2.45, 2.75) is 6.54 Å². The maximum Gasteiger partial charge on any atom is 0.161 e. The van der Waals surface area contributed by atoms with Gasteiger partial charge in [-0.15, -0.1) is 0 Å². The molecule has 5 heteroatoms. The Morgan fingerprint density at radius 2 is 1.95 bits per heavy atom. The minimum atomic E-state index is 0.611. The number of aromatic nitrogens is 2. The van der Waals surface area contributed by atoms with Crippen LogP contribution in [-0.2, 0) is 6.54 Å². The molecule has 2 heterocycles. The number of nitrogens with one attached hydrogen (secondary N) is 2. The average molecular weight is 281 g/mol. The van der Waals surface area contributed by atoms with Crippen molar-refractivity contribution >= 4 is 16.6 Å². The molecule has 0 saturated heterocycles. The molecular formula is C16H15N3O2. The molecule has 0 aliphatic carbocycles. The minimum Gasteiger partial charge on any atom is -0.486 e. The summed E-state index contributed by atoms with van der Waals surface area (Å²) in [4.78, 5) is 0. The second kappa shape index (κ2) is 5.01. The van der Waals surface area contributed by atoms with E-state index in [1.807, 2.05) is 24.4 Å². The number of rotatable bonds is 3. The van der Waals surface area contributed by atoms with Crippen LogP contribution >= 0.6 is 0 Å². The average Bonchev–Trinajstić information content (AvgIpc) is 3.00. The second-order valence-corrected chi connectivity index (χ2v) is 5.00. The summed E-state index contributed by atoms with van der Waals surface area (Å²) in [7, 11) is 0. The summed E-state index contributed by atoms with van der Waals surface area (Å²) in [6, 6.07) is 12.2. The van der Waals surface area contributed by atoms with Crippen LogP contribution in [0.4, 0.5) is 5.69 Å². The van der Waals surface area contributed by atoms with Crippen molar-refractivity contribution in [2.24, 2.45) is 0 Å². The molecule has 5 nitrogen and oxygen atoms in total. The lowest BCUT2D eigenvalue weighted by atomic mass is 10.2. The number of aromatic amines is 1. The van der Waals surface area contributed by atoms with Gasteiger partial charge in [-0.05, 0) is 35.9 Å². The van der Waals surface area contributed by atoms with E-state index in [4.69, 9.17) is 9.47 Å². The monoisotopic (exact) mass is 281 g/mol. The Hall–Kier alpha value is -2.69. The summed E-state index contributed by atoms with van der Waals surface area (Å²) < 4.78 is 11.1. The zero-order chi connectivity index (χ0) is 14.1. The summed E-state index contributed by atoms with van der Waals surface area (Å²) in [5, 5.41) is 11.5. The number of anilines is 1. The first-order chi connectivity index (χ1) is 10.4. The lowest BCUT2D eigenvalue weighted by Crippen LogP contribution is -2.15. The summed E-state index contributed by atoms with van der Waals surface area (Å²) in [5.74, 6) is 1.65. The van der Waals surface area contributed by atoms with E-state index in [0.29, 0.717) is 13.2 Å². The third-order valence-electron chi connectivity index (χ3n) is 3.55. The molecule has 2 aromatic carbocycles. The van der Waals surface area contributed by atoms with Crippen molar-refractivity contribution < 1.29 is 9.47 Å². The third-order valence-corrected chi connectivity index (χ3v) is 3.55. The van der Waals surface area contributed by atoms with Crippen LogP contribution in [0, 0.1) is 0 Å². The number of benzene rings is 2. The van der Waals surface area contributed by atoms with Crippen LogP contribution in [0.25, 0.3) is 10.9 Å². The van der Waals surface area contributed by atoms with Gasteiger partial charge >= 0.3 is 0 Å². The molecule has 0 radical (unpaired) electrons. The highest BCUT2D eigenvalue weighted by atomic mass is 16.6. The van der Waals surface area contributed by atoms with Gasteiger partial charge in [0.05, 0.1) is 11.7 Å². The minimum absolute atomic E-state index is 0.611. The number of fused-ring (bicyclic) bond motifs is 2. The highest BCUT2D eigenvalue weighted by molar-refractivity contribution is 5.81. The summed E-state index contributed by atoms with van der Waals surface area (Å²) in [5.41, 5.74) is 3.24. The quantitative estimate of drug-likeness (QED) is 0.775. The highest BCUT2D eigenvalue weighted by Crippen LogP contribution is 2.31. The maximum atomic E-state index is 5.60. The zero-order valence-electron chi connectivity index (χ0n) is 11.4. The molecule has 21 heavy (non-hydrogen) atoms. The number of hydrogen-bond acceptors (Lipinski definition) is 4. The molecule has 0 unspecified atom stereocenters. The summed E-state index contributed by atoms with van der Waals surface area (Å²) in [6.07, 6.45) is 1.82. The van der Waals surface area contributed by atoms with Crippen molar-refractivity contribution in [1.82, 2.24) is 10.2 Å². The van der Waals surface area contributed by atoms with E-state index in [9.17, 15) is 0 Å². The van der Waals surface area contributed by atoms with Gasteiger partial charge in [-0.25, -0.2) is 0 Å². The van der Waals surface area contributed by atoms with E-state index >= 15 is 0 Å². The fourth-order valence-electron chi connectivity index (χ4n) is 2.45. The number of nitrogens with zero attached hydrogens (tertiary/aromatic N) is 1. The maximum absolute atomic E-state index is 5.60. The molecule has 106 valence electrons. The largest absolute Gasteiger partial charge is 0.486 e. The molecular weight excluding hydrogens is 266 g/mol. The lowest BCUT2D eigenvalue weighted by molar-refractivity contribution is 0.171. The molecule has 2 N–H and O–H groups in total. The smallest absolute Gasteiger partial charge is 0.161 e. The van der Waals surface area contributed by atoms with Gasteiger partial charge < -0.3 is 14.8 Å². The van der Waals surface area contributed by atoms with Gasteiger partial charge in [0.15, 0.2) is 11.5 Å². The zero-order valence-corrected chi connectivity index (χ0v) is 11.4. The SMILES string of the molecule is c1cc2c(cc1CNc1ccc3cn[nH]c3c1)OCCO2. The van der Waals surface area contributed by atoms with E-state index in [1.165, 1.54) is 0 Å². The highest BCUT2D eigenvalue weighted by Gasteiger charge is 2.11. The van der Waals surface area contributed by atoms with Gasteiger partial charge in [0, 0.05) is 17.6 Å². The topological polar surface area (TPSA) is 59.2 Å². The van der Waals surface area contributed by atoms with Crippen molar-refractivity contribution in [3.8, 4) is 11.5 Å². The first-order valence-electron chi connectivity index (χ1n) is 6.94. The molecule has 1 aliphatic heterocycles. The normalized spacial score (nSPS) is 13.3. The third kappa shape index (κ3) is 2.38. The molecule has 4 rings (SSSR count). The fourth-order valence-corrected chi connectivity index (χ4v) is 2.45. The van der Waals surface area contributed by atoms with Crippen LogP contribution in [0.3, 0.4) is 0 Å². The van der Waals surface area contributed by atoms with E-state index in [2.05, 4.69) is 33.7 Å². The molecule has 0 bridgehead atoms. The van der Waals surface area contributed by atoms with Crippen LogP contribution in [0.15, 0.2) is 42.6 Å². The molecule has 0 spiro atoms. The first-order valence-corrected chi connectivity index (χ1v) is 6.94. The molecule has 0 fully saturated rings. The Labute approximate surface area is 121 Å². The van der Waals surface area contributed by atoms with E-state index < -0.39 is 0 Å². The second-order valence-electron chi connectivity index (χ2n) is 5.00. The lowest BCUT2D eigenvalue weighted by Gasteiger charge is -2.19. The standard InChI is InChI=1S/C16H15N3O2/c1-4-15-16(21-6-5-20-15)7-11(1)9-17-13-3-2-12-10-18-19-14(12)8-13/h1-4,7-8,10,17H,5-6,9H2,(H,18,19). The molecule has 0 amide bonds. The Kier molecular flexibility index (Phi) is 2.88. The number of H-pyrrole nitrogens is 1. The van der Waals surface area contributed by atoms with E-state index in [1.54, 1.807) is 0 Å². The first kappa shape index (κ1) is 12.1. The Balaban J connectivity index is 1.50. The Bertz CT molecular complexity index is 782. The van der Waals surface area contributed by atoms with Gasteiger partial charge in [-0.3, -0.25) is 5.10 Å². The Morgan fingerprint density at radius 1 is 1.05 bits per heavy atom. The van der Waals surface area contributed by atoms with Crippen molar-refractivity contribution in [2.75, 3.05) is 18.5 Å².